The van der Waals surface area contributed by atoms with Gasteiger partial charge in [-0.1, -0.05) is 0 Å². The summed E-state index contributed by atoms with van der Waals surface area (Å²) in [6.07, 6.45) is 9.07. The molecule has 1 aliphatic rings. The van der Waals surface area contributed by atoms with Crippen molar-refractivity contribution < 1.29 is 4.79 Å². The molecule has 0 bridgehead atoms. The Hall–Kier alpha value is -2.28. The summed E-state index contributed by atoms with van der Waals surface area (Å²) >= 11 is 0. The van der Waals surface area contributed by atoms with E-state index in [2.05, 4.69) is 19.9 Å². The van der Waals surface area contributed by atoms with Crippen LogP contribution in [0.2, 0.25) is 0 Å². The molecule has 1 fully saturated rings. The van der Waals surface area contributed by atoms with E-state index in [0.29, 0.717) is 0 Å². The maximum absolute atomic E-state index is 11.2. The maximum atomic E-state index is 11.2. The van der Waals surface area contributed by atoms with Crippen molar-refractivity contribution in [1.82, 2.24) is 24.4 Å². The topological polar surface area (TPSA) is 89.9 Å². The fourth-order valence-corrected chi connectivity index (χ4v) is 2.82. The van der Waals surface area contributed by atoms with Crippen molar-refractivity contribution in [2.75, 3.05) is 13.1 Å². The molecule has 3 rings (SSSR count). The van der Waals surface area contributed by atoms with Crippen molar-refractivity contribution in [1.29, 1.82) is 0 Å². The third-order valence-electron chi connectivity index (χ3n) is 3.78. The molecule has 110 valence electrons. The smallest absolute Gasteiger partial charge is 0.231 e. The monoisotopic (exact) mass is 286 g/mol. The highest BCUT2D eigenvalue weighted by molar-refractivity contribution is 5.76. The van der Waals surface area contributed by atoms with E-state index in [9.17, 15) is 4.79 Å². The molecule has 1 unspecified atom stereocenters. The van der Waals surface area contributed by atoms with Crippen LogP contribution in [0.5, 0.6) is 0 Å². The fourth-order valence-electron chi connectivity index (χ4n) is 2.82. The van der Waals surface area contributed by atoms with Crippen LogP contribution in [0.4, 0.5) is 0 Å². The van der Waals surface area contributed by atoms with Gasteiger partial charge in [-0.05, 0) is 26.3 Å². The van der Waals surface area contributed by atoms with Crippen LogP contribution in [0.15, 0.2) is 24.8 Å². The van der Waals surface area contributed by atoms with Gasteiger partial charge in [-0.25, -0.2) is 9.97 Å². The molecule has 7 heteroatoms. The molecule has 0 spiro atoms. The summed E-state index contributed by atoms with van der Waals surface area (Å²) in [4.78, 5) is 26.4. The first-order valence-electron chi connectivity index (χ1n) is 7.00. The van der Waals surface area contributed by atoms with Crippen molar-refractivity contribution in [3.63, 3.8) is 0 Å². The van der Waals surface area contributed by atoms with E-state index in [0.717, 1.165) is 36.7 Å². The van der Waals surface area contributed by atoms with E-state index >= 15 is 0 Å². The van der Waals surface area contributed by atoms with Crippen LogP contribution < -0.4 is 5.73 Å². The molecule has 2 aromatic heterocycles. The van der Waals surface area contributed by atoms with Gasteiger partial charge in [-0.2, -0.15) is 0 Å². The molecule has 0 aromatic carbocycles. The third kappa shape index (κ3) is 2.78. The fraction of sp³-hybridized carbons (Fsp3) is 0.429. The van der Waals surface area contributed by atoms with E-state index < -0.39 is 0 Å². The molecule has 3 heterocycles. The molecule has 2 N–H and O–H groups in total. The van der Waals surface area contributed by atoms with Crippen LogP contribution in [-0.4, -0.2) is 43.4 Å². The lowest BCUT2D eigenvalue weighted by Gasteiger charge is -2.22. The Bertz CT molecular complexity index is 652. The molecule has 1 saturated heterocycles. The lowest BCUT2D eigenvalue weighted by Crippen LogP contribution is -2.33. The van der Waals surface area contributed by atoms with Crippen LogP contribution >= 0.6 is 0 Å². The van der Waals surface area contributed by atoms with Crippen LogP contribution in [0, 0.1) is 6.92 Å². The summed E-state index contributed by atoms with van der Waals surface area (Å²) < 4.78 is 1.89. The number of carbonyl (C=O) groups excluding carboxylic acids is 1. The number of aryl methyl sites for hydroxylation is 1. The van der Waals surface area contributed by atoms with E-state index in [1.165, 1.54) is 0 Å². The zero-order valence-corrected chi connectivity index (χ0v) is 11.9. The number of nitrogens with two attached hydrogens (primary N) is 1. The number of amides is 1. The average molecular weight is 286 g/mol. The average Bonchev–Trinajstić information content (AvgIpc) is 3.07. The zero-order chi connectivity index (χ0) is 14.8. The SMILES string of the molecule is Cc1nccn1-c1cncc(C2CCCN2CC(N)=O)n1. The quantitative estimate of drug-likeness (QED) is 0.888. The lowest BCUT2D eigenvalue weighted by atomic mass is 10.1. The molecule has 2 aromatic rings. The van der Waals surface area contributed by atoms with E-state index in [-0.39, 0.29) is 18.5 Å². The molecule has 1 aliphatic heterocycles. The van der Waals surface area contributed by atoms with Gasteiger partial charge in [0, 0.05) is 12.4 Å². The minimum absolute atomic E-state index is 0.105. The summed E-state index contributed by atoms with van der Waals surface area (Å²) in [6, 6.07) is 0.105. The second-order valence-corrected chi connectivity index (χ2v) is 5.24. The minimum atomic E-state index is -0.309. The summed E-state index contributed by atoms with van der Waals surface area (Å²) in [5, 5.41) is 0. The highest BCUT2D eigenvalue weighted by Gasteiger charge is 2.28. The number of hydrogen-bond donors (Lipinski definition) is 1. The Morgan fingerprint density at radius 3 is 3.05 bits per heavy atom. The van der Waals surface area contributed by atoms with Gasteiger partial charge < -0.3 is 5.73 Å². The molecular weight excluding hydrogens is 268 g/mol. The van der Waals surface area contributed by atoms with Crippen molar-refractivity contribution >= 4 is 5.91 Å². The normalized spacial score (nSPS) is 19.0. The van der Waals surface area contributed by atoms with Gasteiger partial charge in [0.15, 0.2) is 5.82 Å². The number of nitrogens with zero attached hydrogens (tertiary/aromatic N) is 5. The number of aromatic nitrogens is 4. The van der Waals surface area contributed by atoms with E-state index in [1.807, 2.05) is 17.7 Å². The molecule has 7 nitrogen and oxygen atoms in total. The molecular formula is C14H18N6O. The molecule has 21 heavy (non-hydrogen) atoms. The van der Waals surface area contributed by atoms with Crippen LogP contribution in [0.1, 0.15) is 30.4 Å². The van der Waals surface area contributed by atoms with Crippen LogP contribution in [0.25, 0.3) is 5.82 Å². The summed E-state index contributed by atoms with van der Waals surface area (Å²) in [5.74, 6) is 1.30. The van der Waals surface area contributed by atoms with Gasteiger partial charge >= 0.3 is 0 Å². The van der Waals surface area contributed by atoms with Crippen LogP contribution in [-0.2, 0) is 4.79 Å². The number of likely N-dealkylation sites (tertiary alicyclic amines) is 1. The first-order chi connectivity index (χ1) is 10.1. The number of rotatable bonds is 4. The number of imidazole rings is 1. The standard InChI is InChI=1S/C14H18N6O/c1-10-17-4-6-20(10)14-8-16-7-11(18-14)12-3-2-5-19(12)9-13(15)21/h4,6-8,12H,2-3,5,9H2,1H3,(H2,15,21). The van der Waals surface area contributed by atoms with Crippen molar-refractivity contribution in [2.45, 2.75) is 25.8 Å². The van der Waals surface area contributed by atoms with Gasteiger partial charge in [0.2, 0.25) is 5.91 Å². The molecule has 1 atom stereocenters. The first kappa shape index (κ1) is 13.7. The Labute approximate surface area is 122 Å². The first-order valence-corrected chi connectivity index (χ1v) is 7.00. The molecule has 0 saturated carbocycles. The van der Waals surface area contributed by atoms with Crippen LogP contribution in [0.3, 0.4) is 0 Å². The van der Waals surface area contributed by atoms with Gasteiger partial charge in [-0.15, -0.1) is 0 Å². The minimum Gasteiger partial charge on any atom is -0.369 e. The third-order valence-corrected chi connectivity index (χ3v) is 3.78. The van der Waals surface area contributed by atoms with Crippen molar-refractivity contribution in [3.8, 4) is 5.82 Å². The maximum Gasteiger partial charge on any atom is 0.231 e. The molecule has 1 amide bonds. The summed E-state index contributed by atoms with van der Waals surface area (Å²) in [6.45, 7) is 3.05. The lowest BCUT2D eigenvalue weighted by molar-refractivity contribution is -0.119. The highest BCUT2D eigenvalue weighted by Crippen LogP contribution is 2.30. The predicted octanol–water partition coefficient (Wildman–Crippen LogP) is 0.593. The van der Waals surface area contributed by atoms with Gasteiger partial charge in [0.05, 0.1) is 30.7 Å². The van der Waals surface area contributed by atoms with E-state index in [1.54, 1.807) is 18.6 Å². The Kier molecular flexibility index (Phi) is 3.66. The zero-order valence-electron chi connectivity index (χ0n) is 11.9. The summed E-state index contributed by atoms with van der Waals surface area (Å²) in [5.41, 5.74) is 6.18. The second-order valence-electron chi connectivity index (χ2n) is 5.24. The Morgan fingerprint density at radius 2 is 2.33 bits per heavy atom. The number of hydrogen-bond acceptors (Lipinski definition) is 5. The van der Waals surface area contributed by atoms with Crippen molar-refractivity contribution in [3.05, 3.63) is 36.3 Å². The summed E-state index contributed by atoms with van der Waals surface area (Å²) in [7, 11) is 0. The van der Waals surface area contributed by atoms with Gasteiger partial charge in [-0.3, -0.25) is 19.2 Å². The number of carbonyl (C=O) groups is 1. The van der Waals surface area contributed by atoms with E-state index in [4.69, 9.17) is 5.73 Å². The van der Waals surface area contributed by atoms with Gasteiger partial charge in [0.25, 0.3) is 0 Å². The Balaban J connectivity index is 1.89. The van der Waals surface area contributed by atoms with Gasteiger partial charge in [0.1, 0.15) is 5.82 Å². The number of primary amides is 1. The predicted molar refractivity (Wildman–Crippen MR) is 76.6 cm³/mol. The highest BCUT2D eigenvalue weighted by atomic mass is 16.1. The molecule has 0 radical (unpaired) electrons. The van der Waals surface area contributed by atoms with Crippen molar-refractivity contribution in [2.24, 2.45) is 5.73 Å². The largest absolute Gasteiger partial charge is 0.369 e. The second kappa shape index (κ2) is 5.61. The Morgan fingerprint density at radius 1 is 1.48 bits per heavy atom. The molecule has 0 aliphatic carbocycles.